The second kappa shape index (κ2) is 5.94. The van der Waals surface area contributed by atoms with E-state index in [1.807, 2.05) is 42.2 Å². The highest BCUT2D eigenvalue weighted by atomic mass is 16.2. The lowest BCUT2D eigenvalue weighted by Crippen LogP contribution is -2.54. The molecule has 0 aliphatic carbocycles. The molecule has 110 valence electrons. The maximum absolute atomic E-state index is 12.9. The van der Waals surface area contributed by atoms with Crippen LogP contribution in [0.25, 0.3) is 0 Å². The Kier molecular flexibility index (Phi) is 4.45. The van der Waals surface area contributed by atoms with Crippen molar-refractivity contribution in [1.29, 1.82) is 0 Å². The van der Waals surface area contributed by atoms with E-state index >= 15 is 0 Å². The van der Waals surface area contributed by atoms with Gasteiger partial charge in [-0.25, -0.2) is 0 Å². The van der Waals surface area contributed by atoms with Gasteiger partial charge in [-0.3, -0.25) is 4.79 Å². The number of carbonyl (C=O) groups is 1. The summed E-state index contributed by atoms with van der Waals surface area (Å²) in [6.45, 7) is 6.62. The maximum atomic E-state index is 12.9. The van der Waals surface area contributed by atoms with E-state index in [2.05, 4.69) is 18.9 Å². The van der Waals surface area contributed by atoms with Crippen molar-refractivity contribution in [1.82, 2.24) is 9.80 Å². The Labute approximate surface area is 121 Å². The van der Waals surface area contributed by atoms with E-state index in [0.29, 0.717) is 0 Å². The van der Waals surface area contributed by atoms with Gasteiger partial charge in [0.1, 0.15) is 5.54 Å². The number of amides is 1. The topological polar surface area (TPSA) is 49.6 Å². The molecule has 0 aromatic heterocycles. The molecule has 0 spiro atoms. The normalized spacial score (nSPS) is 24.0. The molecule has 4 nitrogen and oxygen atoms in total. The van der Waals surface area contributed by atoms with Gasteiger partial charge < -0.3 is 15.5 Å². The molecule has 0 radical (unpaired) electrons. The Morgan fingerprint density at radius 2 is 1.95 bits per heavy atom. The SMILES string of the molecule is CC1CN(C)CCCN1C(=O)C(C)(N)c1ccccc1. The molecular weight excluding hydrogens is 250 g/mol. The van der Waals surface area contributed by atoms with E-state index in [9.17, 15) is 4.79 Å². The lowest BCUT2D eigenvalue weighted by atomic mass is 9.91. The summed E-state index contributed by atoms with van der Waals surface area (Å²) in [5.41, 5.74) is 6.27. The second-order valence-corrected chi connectivity index (χ2v) is 6.03. The van der Waals surface area contributed by atoms with Crippen LogP contribution < -0.4 is 5.73 Å². The van der Waals surface area contributed by atoms with E-state index in [4.69, 9.17) is 5.73 Å². The molecule has 1 amide bonds. The summed E-state index contributed by atoms with van der Waals surface area (Å²) < 4.78 is 0. The first kappa shape index (κ1) is 15.0. The number of hydrogen-bond donors (Lipinski definition) is 1. The fourth-order valence-corrected chi connectivity index (χ4v) is 2.88. The molecule has 1 aliphatic rings. The molecule has 2 rings (SSSR count). The zero-order chi connectivity index (χ0) is 14.8. The van der Waals surface area contributed by atoms with Crippen molar-refractivity contribution < 1.29 is 4.79 Å². The molecule has 2 unspecified atom stereocenters. The van der Waals surface area contributed by atoms with Gasteiger partial charge in [0.15, 0.2) is 0 Å². The van der Waals surface area contributed by atoms with E-state index < -0.39 is 5.54 Å². The number of likely N-dealkylation sites (N-methyl/N-ethyl adjacent to an activating group) is 1. The van der Waals surface area contributed by atoms with Crippen molar-refractivity contribution in [3.05, 3.63) is 35.9 Å². The molecule has 1 aliphatic heterocycles. The van der Waals surface area contributed by atoms with Crippen molar-refractivity contribution in [2.75, 3.05) is 26.7 Å². The fraction of sp³-hybridized carbons (Fsp3) is 0.562. The van der Waals surface area contributed by atoms with Crippen LogP contribution in [0.1, 0.15) is 25.8 Å². The Morgan fingerprint density at radius 1 is 1.30 bits per heavy atom. The van der Waals surface area contributed by atoms with Crippen molar-refractivity contribution in [3.63, 3.8) is 0 Å². The van der Waals surface area contributed by atoms with E-state index in [0.717, 1.165) is 31.6 Å². The number of nitrogens with two attached hydrogens (primary N) is 1. The smallest absolute Gasteiger partial charge is 0.247 e. The molecule has 1 heterocycles. The monoisotopic (exact) mass is 275 g/mol. The minimum atomic E-state index is -0.960. The highest BCUT2D eigenvalue weighted by Crippen LogP contribution is 2.22. The summed E-state index contributed by atoms with van der Waals surface area (Å²) in [6, 6.07) is 9.83. The molecule has 1 saturated heterocycles. The molecule has 2 atom stereocenters. The zero-order valence-corrected chi connectivity index (χ0v) is 12.7. The summed E-state index contributed by atoms with van der Waals surface area (Å²) in [5, 5.41) is 0. The average molecular weight is 275 g/mol. The molecule has 1 aromatic carbocycles. The third-order valence-corrected chi connectivity index (χ3v) is 4.13. The highest BCUT2D eigenvalue weighted by molar-refractivity contribution is 5.87. The van der Waals surface area contributed by atoms with Gasteiger partial charge in [-0.2, -0.15) is 0 Å². The minimum absolute atomic E-state index is 0.0199. The Balaban J connectivity index is 2.21. The Morgan fingerprint density at radius 3 is 2.60 bits per heavy atom. The van der Waals surface area contributed by atoms with Crippen molar-refractivity contribution in [3.8, 4) is 0 Å². The van der Waals surface area contributed by atoms with E-state index in [-0.39, 0.29) is 11.9 Å². The third-order valence-electron chi connectivity index (χ3n) is 4.13. The van der Waals surface area contributed by atoms with Gasteiger partial charge in [0, 0.05) is 19.1 Å². The number of rotatable bonds is 2. The van der Waals surface area contributed by atoms with E-state index in [1.54, 1.807) is 0 Å². The number of nitrogens with zero attached hydrogens (tertiary/aromatic N) is 2. The third kappa shape index (κ3) is 3.02. The lowest BCUT2D eigenvalue weighted by Gasteiger charge is -2.35. The molecule has 1 fully saturated rings. The number of carbonyl (C=O) groups excluding carboxylic acids is 1. The first-order valence-electron chi connectivity index (χ1n) is 7.27. The summed E-state index contributed by atoms with van der Waals surface area (Å²) in [4.78, 5) is 17.1. The lowest BCUT2D eigenvalue weighted by molar-refractivity contribution is -0.138. The van der Waals surface area contributed by atoms with Crippen molar-refractivity contribution in [2.45, 2.75) is 31.8 Å². The second-order valence-electron chi connectivity index (χ2n) is 6.03. The van der Waals surface area contributed by atoms with Crippen LogP contribution in [0.2, 0.25) is 0 Å². The van der Waals surface area contributed by atoms with Gasteiger partial charge in [-0.05, 0) is 39.4 Å². The quantitative estimate of drug-likeness (QED) is 0.888. The van der Waals surface area contributed by atoms with Gasteiger partial charge in [0.05, 0.1) is 0 Å². The predicted molar refractivity (Wildman–Crippen MR) is 81.3 cm³/mol. The average Bonchev–Trinajstić information content (AvgIpc) is 2.59. The molecule has 0 saturated carbocycles. The van der Waals surface area contributed by atoms with Crippen LogP contribution in [0.15, 0.2) is 30.3 Å². The van der Waals surface area contributed by atoms with Crippen molar-refractivity contribution >= 4 is 5.91 Å². The van der Waals surface area contributed by atoms with Crippen LogP contribution in [0.5, 0.6) is 0 Å². The molecule has 2 N–H and O–H groups in total. The molecule has 4 heteroatoms. The van der Waals surface area contributed by atoms with Gasteiger partial charge in [0.25, 0.3) is 0 Å². The fourth-order valence-electron chi connectivity index (χ4n) is 2.88. The number of benzene rings is 1. The molecular formula is C16H25N3O. The zero-order valence-electron chi connectivity index (χ0n) is 12.7. The van der Waals surface area contributed by atoms with Gasteiger partial charge in [0.2, 0.25) is 5.91 Å². The first-order chi connectivity index (χ1) is 9.43. The summed E-state index contributed by atoms with van der Waals surface area (Å²) >= 11 is 0. The van der Waals surface area contributed by atoms with Crippen molar-refractivity contribution in [2.24, 2.45) is 5.73 Å². The van der Waals surface area contributed by atoms with Crippen LogP contribution in [0.3, 0.4) is 0 Å². The van der Waals surface area contributed by atoms with E-state index in [1.165, 1.54) is 0 Å². The molecule has 1 aromatic rings. The van der Waals surface area contributed by atoms with Crippen LogP contribution >= 0.6 is 0 Å². The largest absolute Gasteiger partial charge is 0.337 e. The molecule has 0 bridgehead atoms. The van der Waals surface area contributed by atoms with Crippen LogP contribution in [0.4, 0.5) is 0 Å². The Bertz CT molecular complexity index is 458. The van der Waals surface area contributed by atoms with Gasteiger partial charge in [-0.15, -0.1) is 0 Å². The van der Waals surface area contributed by atoms with Crippen LogP contribution in [0, 0.1) is 0 Å². The predicted octanol–water partition coefficient (Wildman–Crippen LogP) is 1.41. The number of hydrogen-bond acceptors (Lipinski definition) is 3. The minimum Gasteiger partial charge on any atom is -0.337 e. The summed E-state index contributed by atoms with van der Waals surface area (Å²) in [5.74, 6) is 0.0199. The van der Waals surface area contributed by atoms with Gasteiger partial charge in [-0.1, -0.05) is 30.3 Å². The first-order valence-corrected chi connectivity index (χ1v) is 7.27. The van der Waals surface area contributed by atoms with Gasteiger partial charge >= 0.3 is 0 Å². The van der Waals surface area contributed by atoms with Crippen LogP contribution in [-0.2, 0) is 10.3 Å². The maximum Gasteiger partial charge on any atom is 0.247 e. The Hall–Kier alpha value is -1.39. The highest BCUT2D eigenvalue weighted by Gasteiger charge is 2.37. The summed E-state index contributed by atoms with van der Waals surface area (Å²) in [7, 11) is 2.10. The molecule has 20 heavy (non-hydrogen) atoms. The summed E-state index contributed by atoms with van der Waals surface area (Å²) in [6.07, 6.45) is 0.997. The standard InChI is InChI=1S/C16H25N3O/c1-13-12-18(3)10-7-11-19(13)15(20)16(2,17)14-8-5-4-6-9-14/h4-6,8-9,13H,7,10-12,17H2,1-3H3. The van der Waals surface area contributed by atoms with Crippen LogP contribution in [-0.4, -0.2) is 48.4 Å².